The van der Waals surface area contributed by atoms with E-state index in [4.69, 9.17) is 16.3 Å². The summed E-state index contributed by atoms with van der Waals surface area (Å²) in [5, 5.41) is 0.0788. The van der Waals surface area contributed by atoms with Crippen LogP contribution in [0.3, 0.4) is 0 Å². The Kier molecular flexibility index (Phi) is 3.94. The molecule has 1 fully saturated rings. The predicted molar refractivity (Wildman–Crippen MR) is 80.7 cm³/mol. The molecule has 1 saturated heterocycles. The van der Waals surface area contributed by atoms with E-state index in [0.29, 0.717) is 30.9 Å². The minimum Gasteiger partial charge on any atom is -0.381 e. The van der Waals surface area contributed by atoms with Crippen molar-refractivity contribution in [2.75, 3.05) is 13.2 Å². The molecule has 110 valence electrons. The number of H-pyrrole nitrogens is 1. The number of hydrogen-bond acceptors (Lipinski definition) is 3. The van der Waals surface area contributed by atoms with E-state index >= 15 is 0 Å². The second kappa shape index (κ2) is 5.87. The molecule has 5 nitrogen and oxygen atoms in total. The van der Waals surface area contributed by atoms with Crippen LogP contribution in [0, 0.1) is 5.92 Å². The average molecular weight is 307 g/mol. The summed E-state index contributed by atoms with van der Waals surface area (Å²) in [5.74, 6) is 0.189. The van der Waals surface area contributed by atoms with Crippen molar-refractivity contribution in [2.24, 2.45) is 5.92 Å². The summed E-state index contributed by atoms with van der Waals surface area (Å²) in [5.41, 5.74) is 0.189. The van der Waals surface area contributed by atoms with E-state index in [9.17, 15) is 9.59 Å². The molecule has 0 bridgehead atoms. The molecule has 21 heavy (non-hydrogen) atoms. The zero-order chi connectivity index (χ0) is 14.8. The Bertz CT molecular complexity index is 746. The summed E-state index contributed by atoms with van der Waals surface area (Å²) in [4.78, 5) is 27.2. The van der Waals surface area contributed by atoms with Crippen LogP contribution in [-0.2, 0) is 11.3 Å². The van der Waals surface area contributed by atoms with Crippen molar-refractivity contribution in [1.82, 2.24) is 9.55 Å². The van der Waals surface area contributed by atoms with Crippen LogP contribution in [0.1, 0.15) is 6.42 Å². The molecule has 1 unspecified atom stereocenters. The third-order valence-electron chi connectivity index (χ3n) is 3.67. The first kappa shape index (κ1) is 14.1. The maximum absolute atomic E-state index is 12.6. The van der Waals surface area contributed by atoms with E-state index in [-0.39, 0.29) is 16.6 Å². The minimum atomic E-state index is -0.475. The molecule has 0 aliphatic carbocycles. The smallest absolute Gasteiger partial charge is 0.329 e. The van der Waals surface area contributed by atoms with Crippen LogP contribution in [0.4, 0.5) is 0 Å². The van der Waals surface area contributed by atoms with Gasteiger partial charge in [0.25, 0.3) is 5.56 Å². The highest BCUT2D eigenvalue weighted by Crippen LogP contribution is 2.21. The minimum absolute atomic E-state index is 0.0788. The Labute approximate surface area is 126 Å². The Morgan fingerprint density at radius 1 is 1.29 bits per heavy atom. The van der Waals surface area contributed by atoms with E-state index in [2.05, 4.69) is 4.98 Å². The molecule has 0 radical (unpaired) electrons. The van der Waals surface area contributed by atoms with Crippen molar-refractivity contribution >= 4 is 11.6 Å². The lowest BCUT2D eigenvalue weighted by atomic mass is 10.1. The van der Waals surface area contributed by atoms with Crippen molar-refractivity contribution in [3.63, 3.8) is 0 Å². The summed E-state index contributed by atoms with van der Waals surface area (Å²) in [6, 6.07) is 9.10. The molecule has 2 aromatic rings. The largest absolute Gasteiger partial charge is 0.381 e. The molecule has 0 saturated carbocycles. The quantitative estimate of drug-likeness (QED) is 0.881. The van der Waals surface area contributed by atoms with Gasteiger partial charge >= 0.3 is 5.69 Å². The van der Waals surface area contributed by atoms with Gasteiger partial charge in [0.05, 0.1) is 12.2 Å². The Hall–Kier alpha value is -1.85. The molecule has 0 amide bonds. The zero-order valence-electron chi connectivity index (χ0n) is 11.3. The van der Waals surface area contributed by atoms with Gasteiger partial charge in [0, 0.05) is 19.1 Å². The number of halogens is 1. The third-order valence-corrected chi connectivity index (χ3v) is 3.95. The number of benzene rings is 1. The number of nitrogens with zero attached hydrogens (tertiary/aromatic N) is 1. The molecule has 3 rings (SSSR count). The van der Waals surface area contributed by atoms with Gasteiger partial charge in [-0.05, 0) is 12.0 Å². The standard InChI is InChI=1S/C15H15ClN2O3/c16-13-12(11-4-2-1-3-5-11)14(19)18(15(20)17-13)8-10-6-7-21-9-10/h1-5,10H,6-9H2,(H,17,20). The van der Waals surface area contributed by atoms with Crippen LogP contribution in [-0.4, -0.2) is 22.8 Å². The fourth-order valence-electron chi connectivity index (χ4n) is 2.55. The highest BCUT2D eigenvalue weighted by molar-refractivity contribution is 6.32. The van der Waals surface area contributed by atoms with Crippen LogP contribution in [0.15, 0.2) is 39.9 Å². The van der Waals surface area contributed by atoms with Gasteiger partial charge in [-0.25, -0.2) is 4.79 Å². The van der Waals surface area contributed by atoms with Crippen molar-refractivity contribution in [2.45, 2.75) is 13.0 Å². The molecule has 1 aliphatic rings. The average Bonchev–Trinajstić information content (AvgIpc) is 2.97. The highest BCUT2D eigenvalue weighted by Gasteiger charge is 2.20. The fourth-order valence-corrected chi connectivity index (χ4v) is 2.82. The molecular weight excluding hydrogens is 292 g/mol. The molecule has 1 aliphatic heterocycles. The van der Waals surface area contributed by atoms with E-state index < -0.39 is 5.69 Å². The first-order valence-electron chi connectivity index (χ1n) is 6.82. The van der Waals surface area contributed by atoms with Gasteiger partial charge in [0.15, 0.2) is 0 Å². The molecule has 2 heterocycles. The number of nitrogens with one attached hydrogen (secondary N) is 1. The third kappa shape index (κ3) is 2.80. The van der Waals surface area contributed by atoms with E-state index in [1.54, 1.807) is 12.1 Å². The summed E-state index contributed by atoms with van der Waals surface area (Å²) < 4.78 is 6.51. The van der Waals surface area contributed by atoms with Gasteiger partial charge in [-0.3, -0.25) is 14.3 Å². The van der Waals surface area contributed by atoms with Crippen molar-refractivity contribution < 1.29 is 4.74 Å². The van der Waals surface area contributed by atoms with Crippen molar-refractivity contribution in [1.29, 1.82) is 0 Å². The first-order chi connectivity index (χ1) is 10.2. The van der Waals surface area contributed by atoms with E-state index in [1.807, 2.05) is 18.2 Å². The van der Waals surface area contributed by atoms with Crippen molar-refractivity contribution in [3.8, 4) is 11.1 Å². The van der Waals surface area contributed by atoms with Crippen LogP contribution in [0.2, 0.25) is 5.15 Å². The monoisotopic (exact) mass is 306 g/mol. The van der Waals surface area contributed by atoms with Crippen LogP contribution >= 0.6 is 11.6 Å². The SMILES string of the molecule is O=c1[nH]c(Cl)c(-c2ccccc2)c(=O)n1CC1CCOC1. The van der Waals surface area contributed by atoms with Gasteiger partial charge in [0.1, 0.15) is 5.15 Å². The van der Waals surface area contributed by atoms with Crippen LogP contribution in [0.5, 0.6) is 0 Å². The number of rotatable bonds is 3. The second-order valence-electron chi connectivity index (χ2n) is 5.13. The summed E-state index contributed by atoms with van der Waals surface area (Å²) in [6.45, 7) is 1.61. The lowest BCUT2D eigenvalue weighted by Crippen LogP contribution is -2.38. The Morgan fingerprint density at radius 3 is 2.71 bits per heavy atom. The van der Waals surface area contributed by atoms with Crippen LogP contribution in [0.25, 0.3) is 11.1 Å². The van der Waals surface area contributed by atoms with E-state index in [0.717, 1.165) is 6.42 Å². The first-order valence-corrected chi connectivity index (χ1v) is 7.20. The number of aromatic amines is 1. The highest BCUT2D eigenvalue weighted by atomic mass is 35.5. The number of aromatic nitrogens is 2. The van der Waals surface area contributed by atoms with Gasteiger partial charge < -0.3 is 4.74 Å². The molecule has 1 aromatic heterocycles. The topological polar surface area (TPSA) is 64.1 Å². The van der Waals surface area contributed by atoms with Gasteiger partial charge in [0.2, 0.25) is 0 Å². The van der Waals surface area contributed by atoms with Gasteiger partial charge in [-0.2, -0.15) is 0 Å². The zero-order valence-corrected chi connectivity index (χ0v) is 12.1. The normalized spacial score (nSPS) is 18.0. The maximum atomic E-state index is 12.6. The summed E-state index contributed by atoms with van der Waals surface area (Å²) >= 11 is 6.06. The Morgan fingerprint density at radius 2 is 2.05 bits per heavy atom. The number of hydrogen-bond donors (Lipinski definition) is 1. The molecular formula is C15H15ClN2O3. The molecule has 1 aromatic carbocycles. The molecule has 1 N–H and O–H groups in total. The number of ether oxygens (including phenoxy) is 1. The lowest BCUT2D eigenvalue weighted by Gasteiger charge is -2.12. The molecule has 1 atom stereocenters. The maximum Gasteiger partial charge on any atom is 0.329 e. The Balaban J connectivity index is 2.09. The van der Waals surface area contributed by atoms with Gasteiger partial charge in [-0.1, -0.05) is 41.9 Å². The van der Waals surface area contributed by atoms with Crippen molar-refractivity contribution in [3.05, 3.63) is 56.3 Å². The lowest BCUT2D eigenvalue weighted by molar-refractivity contribution is 0.182. The molecule has 6 heteroatoms. The summed E-state index contributed by atoms with van der Waals surface area (Å²) in [6.07, 6.45) is 0.856. The summed E-state index contributed by atoms with van der Waals surface area (Å²) in [7, 11) is 0. The second-order valence-corrected chi connectivity index (χ2v) is 5.51. The van der Waals surface area contributed by atoms with E-state index in [1.165, 1.54) is 4.57 Å². The predicted octanol–water partition coefficient (Wildman–Crippen LogP) is 1.89. The van der Waals surface area contributed by atoms with Gasteiger partial charge in [-0.15, -0.1) is 0 Å². The molecule has 0 spiro atoms. The van der Waals surface area contributed by atoms with Crippen LogP contribution < -0.4 is 11.2 Å². The fraction of sp³-hybridized carbons (Fsp3) is 0.333.